The van der Waals surface area contributed by atoms with Crippen LogP contribution >= 0.6 is 11.6 Å². The van der Waals surface area contributed by atoms with Gasteiger partial charge in [-0.05, 0) is 37.3 Å². The molecule has 4 nitrogen and oxygen atoms in total. The van der Waals surface area contributed by atoms with Gasteiger partial charge in [0.05, 0.1) is 12.2 Å². The minimum absolute atomic E-state index is 0.154. The Bertz CT molecular complexity index is 617. The van der Waals surface area contributed by atoms with Crippen LogP contribution in [0.15, 0.2) is 36.5 Å². The van der Waals surface area contributed by atoms with E-state index < -0.39 is 11.7 Å². The highest BCUT2D eigenvalue weighted by Crippen LogP contribution is 2.19. The van der Waals surface area contributed by atoms with Crippen LogP contribution in [0.25, 0.3) is 0 Å². The van der Waals surface area contributed by atoms with Crippen LogP contribution < -0.4 is 10.1 Å². The van der Waals surface area contributed by atoms with Crippen molar-refractivity contribution < 1.29 is 13.9 Å². The van der Waals surface area contributed by atoms with Crippen LogP contribution in [-0.2, 0) is 0 Å². The van der Waals surface area contributed by atoms with E-state index in [4.69, 9.17) is 16.3 Å². The number of amides is 1. The number of halogens is 2. The van der Waals surface area contributed by atoms with Crippen LogP contribution in [0.5, 0.6) is 5.75 Å². The van der Waals surface area contributed by atoms with Gasteiger partial charge in [-0.2, -0.15) is 0 Å². The molecular formula is C14H12ClFN2O2. The van der Waals surface area contributed by atoms with E-state index in [-0.39, 0.29) is 10.7 Å². The van der Waals surface area contributed by atoms with Crippen molar-refractivity contribution in [2.45, 2.75) is 6.92 Å². The molecule has 0 aliphatic rings. The highest BCUT2D eigenvalue weighted by atomic mass is 35.5. The highest BCUT2D eigenvalue weighted by molar-refractivity contribution is 6.30. The number of benzene rings is 1. The van der Waals surface area contributed by atoms with Crippen molar-refractivity contribution in [3.8, 4) is 5.75 Å². The first-order valence-electron chi connectivity index (χ1n) is 5.96. The molecule has 0 saturated heterocycles. The van der Waals surface area contributed by atoms with Crippen LogP contribution in [0.3, 0.4) is 0 Å². The number of hydrogen-bond acceptors (Lipinski definition) is 3. The third-order valence-electron chi connectivity index (χ3n) is 2.51. The fourth-order valence-electron chi connectivity index (χ4n) is 1.59. The number of ether oxygens (including phenoxy) is 1. The van der Waals surface area contributed by atoms with Crippen LogP contribution in [0.2, 0.25) is 5.15 Å². The van der Waals surface area contributed by atoms with Gasteiger partial charge in [-0.15, -0.1) is 0 Å². The number of anilines is 1. The van der Waals surface area contributed by atoms with E-state index in [1.807, 2.05) is 6.92 Å². The molecule has 0 unspecified atom stereocenters. The number of carbonyl (C=O) groups is 1. The van der Waals surface area contributed by atoms with Crippen LogP contribution in [0.4, 0.5) is 10.1 Å². The number of pyridine rings is 1. The Hall–Kier alpha value is -2.14. The van der Waals surface area contributed by atoms with E-state index in [1.165, 1.54) is 12.3 Å². The molecule has 1 N–H and O–H groups in total. The lowest BCUT2D eigenvalue weighted by Crippen LogP contribution is -2.14. The van der Waals surface area contributed by atoms with E-state index >= 15 is 0 Å². The number of aromatic nitrogens is 1. The Balaban J connectivity index is 2.13. The molecule has 0 spiro atoms. The fourth-order valence-corrected chi connectivity index (χ4v) is 1.75. The second-order valence-corrected chi connectivity index (χ2v) is 4.23. The van der Waals surface area contributed by atoms with E-state index in [9.17, 15) is 9.18 Å². The second kappa shape index (κ2) is 6.34. The van der Waals surface area contributed by atoms with Crippen molar-refractivity contribution >= 4 is 23.2 Å². The number of carbonyl (C=O) groups excluding carboxylic acids is 1. The van der Waals surface area contributed by atoms with E-state index in [1.54, 1.807) is 24.3 Å². The molecule has 0 aliphatic heterocycles. The molecule has 1 heterocycles. The topological polar surface area (TPSA) is 51.2 Å². The highest BCUT2D eigenvalue weighted by Gasteiger charge is 2.15. The first-order valence-corrected chi connectivity index (χ1v) is 6.34. The minimum atomic E-state index is -0.836. The van der Waals surface area contributed by atoms with Crippen molar-refractivity contribution in [1.29, 1.82) is 0 Å². The predicted octanol–water partition coefficient (Wildman–Crippen LogP) is 3.53. The Labute approximate surface area is 120 Å². The van der Waals surface area contributed by atoms with E-state index in [0.717, 1.165) is 0 Å². The predicted molar refractivity (Wildman–Crippen MR) is 74.8 cm³/mol. The molecule has 104 valence electrons. The van der Waals surface area contributed by atoms with Crippen LogP contribution in [0, 0.1) is 5.82 Å². The zero-order valence-electron chi connectivity index (χ0n) is 10.7. The van der Waals surface area contributed by atoms with Crippen molar-refractivity contribution in [3.05, 3.63) is 53.1 Å². The Morgan fingerprint density at radius 1 is 1.35 bits per heavy atom. The lowest BCUT2D eigenvalue weighted by molar-refractivity contribution is 0.102. The third-order valence-corrected chi connectivity index (χ3v) is 2.78. The summed E-state index contributed by atoms with van der Waals surface area (Å²) < 4.78 is 18.9. The normalized spacial score (nSPS) is 10.2. The summed E-state index contributed by atoms with van der Waals surface area (Å²) in [6.45, 7) is 2.44. The fraction of sp³-hybridized carbons (Fsp3) is 0.143. The first-order chi connectivity index (χ1) is 9.61. The summed E-state index contributed by atoms with van der Waals surface area (Å²) >= 11 is 5.53. The zero-order valence-corrected chi connectivity index (χ0v) is 11.4. The van der Waals surface area contributed by atoms with Gasteiger partial charge in [0.25, 0.3) is 5.91 Å². The average molecular weight is 295 g/mol. The third kappa shape index (κ3) is 3.24. The van der Waals surface area contributed by atoms with E-state index in [0.29, 0.717) is 18.0 Å². The molecule has 2 rings (SSSR count). The van der Waals surface area contributed by atoms with Crippen molar-refractivity contribution in [2.75, 3.05) is 11.9 Å². The molecule has 1 aromatic carbocycles. The molecule has 0 aliphatic carbocycles. The molecule has 0 atom stereocenters. The van der Waals surface area contributed by atoms with Crippen LogP contribution in [-0.4, -0.2) is 17.5 Å². The SMILES string of the molecule is CCOc1ccc(NC(=O)c2ccnc(Cl)c2F)cc1. The van der Waals surface area contributed by atoms with E-state index in [2.05, 4.69) is 10.3 Å². The number of hydrogen-bond donors (Lipinski definition) is 1. The lowest BCUT2D eigenvalue weighted by Gasteiger charge is -2.08. The standard InChI is InChI=1S/C14H12ClFN2O2/c1-2-20-10-5-3-9(4-6-10)18-14(19)11-7-8-17-13(15)12(11)16/h3-8H,2H2,1H3,(H,18,19). The lowest BCUT2D eigenvalue weighted by atomic mass is 10.2. The minimum Gasteiger partial charge on any atom is -0.494 e. The Morgan fingerprint density at radius 3 is 2.70 bits per heavy atom. The molecule has 0 saturated carbocycles. The summed E-state index contributed by atoms with van der Waals surface area (Å²) in [4.78, 5) is 15.5. The second-order valence-electron chi connectivity index (χ2n) is 3.87. The van der Waals surface area contributed by atoms with Crippen LogP contribution in [0.1, 0.15) is 17.3 Å². The van der Waals surface area contributed by atoms with Gasteiger partial charge in [-0.1, -0.05) is 11.6 Å². The summed E-state index contributed by atoms with van der Waals surface area (Å²) in [6, 6.07) is 8.04. The maximum Gasteiger partial charge on any atom is 0.258 e. The average Bonchev–Trinajstić information content (AvgIpc) is 2.44. The van der Waals surface area contributed by atoms with Gasteiger partial charge in [0, 0.05) is 11.9 Å². The Kier molecular flexibility index (Phi) is 4.53. The summed E-state index contributed by atoms with van der Waals surface area (Å²) in [5, 5.41) is 2.25. The summed E-state index contributed by atoms with van der Waals surface area (Å²) in [7, 11) is 0. The zero-order chi connectivity index (χ0) is 14.5. The van der Waals surface area contributed by atoms with Crippen molar-refractivity contribution in [1.82, 2.24) is 4.98 Å². The number of nitrogens with one attached hydrogen (secondary N) is 1. The number of rotatable bonds is 4. The van der Waals surface area contributed by atoms with Gasteiger partial charge in [0.15, 0.2) is 11.0 Å². The maximum atomic E-state index is 13.6. The molecule has 20 heavy (non-hydrogen) atoms. The smallest absolute Gasteiger partial charge is 0.258 e. The molecule has 0 fully saturated rings. The van der Waals surface area contributed by atoms with Gasteiger partial charge in [0.1, 0.15) is 5.75 Å². The molecule has 1 aromatic heterocycles. The molecular weight excluding hydrogens is 283 g/mol. The maximum absolute atomic E-state index is 13.6. The summed E-state index contributed by atoms with van der Waals surface area (Å²) in [5.74, 6) is -0.725. The first kappa shape index (κ1) is 14.3. The Morgan fingerprint density at radius 2 is 2.05 bits per heavy atom. The van der Waals surface area contributed by atoms with Crippen molar-refractivity contribution in [2.24, 2.45) is 0 Å². The monoisotopic (exact) mass is 294 g/mol. The van der Waals surface area contributed by atoms with Gasteiger partial charge in [0.2, 0.25) is 0 Å². The van der Waals surface area contributed by atoms with Gasteiger partial charge < -0.3 is 10.1 Å². The summed E-state index contributed by atoms with van der Waals surface area (Å²) in [5.41, 5.74) is 0.379. The molecule has 0 radical (unpaired) electrons. The molecule has 1 amide bonds. The number of nitrogens with zero attached hydrogens (tertiary/aromatic N) is 1. The van der Waals surface area contributed by atoms with Gasteiger partial charge in [-0.25, -0.2) is 9.37 Å². The quantitative estimate of drug-likeness (QED) is 0.878. The van der Waals surface area contributed by atoms with Crippen molar-refractivity contribution in [3.63, 3.8) is 0 Å². The van der Waals surface area contributed by atoms with Gasteiger partial charge >= 0.3 is 0 Å². The molecule has 6 heteroatoms. The molecule has 2 aromatic rings. The molecule has 0 bridgehead atoms. The van der Waals surface area contributed by atoms with Gasteiger partial charge in [-0.3, -0.25) is 4.79 Å². The largest absolute Gasteiger partial charge is 0.494 e. The summed E-state index contributed by atoms with van der Waals surface area (Å²) in [6.07, 6.45) is 1.28.